The van der Waals surface area contributed by atoms with Crippen molar-refractivity contribution in [2.75, 3.05) is 13.2 Å². The fraction of sp³-hybridized carbons (Fsp3) is 0.898. The molecule has 0 heterocycles. The second-order valence-corrected chi connectivity index (χ2v) is 20.0. The van der Waals surface area contributed by atoms with Crippen LogP contribution in [0.5, 0.6) is 0 Å². The van der Waals surface area contributed by atoms with Crippen LogP contribution in [0.2, 0.25) is 0 Å². The Morgan fingerprint density at radius 1 is 0.415 bits per heavy atom. The molecule has 0 fully saturated rings. The molecule has 0 aliphatic heterocycles. The highest BCUT2D eigenvalue weighted by molar-refractivity contribution is 5.76. The highest BCUT2D eigenvalue weighted by Gasteiger charge is 2.18. The van der Waals surface area contributed by atoms with Crippen LogP contribution in [-0.2, 0) is 14.3 Å². The van der Waals surface area contributed by atoms with E-state index >= 15 is 0 Å². The number of carbonyl (C=O) groups excluding carboxylic acids is 2. The quantitative estimate of drug-likeness (QED) is 0.0321. The van der Waals surface area contributed by atoms with E-state index in [1.54, 1.807) is 6.08 Å². The Hall–Kier alpha value is -1.66. The van der Waals surface area contributed by atoms with Crippen LogP contribution >= 0.6 is 0 Å². The summed E-state index contributed by atoms with van der Waals surface area (Å²) in [7, 11) is 0. The number of rotatable bonds is 54. The SMILES string of the molecule is CCCCCCCCCCCCCCCCCCCCC/C=C/C(O)C(CO)NC(=O)CCCCCCCCC/C=C\CCCCCCOC(=O)CCCCCCCCCCCCCC. The molecule has 0 saturated heterocycles. The van der Waals surface area contributed by atoms with Gasteiger partial charge in [-0.3, -0.25) is 9.59 Å². The number of unbranched alkanes of at least 4 members (excludes halogenated alkanes) is 41. The van der Waals surface area contributed by atoms with E-state index in [1.165, 1.54) is 218 Å². The molecule has 6 heteroatoms. The summed E-state index contributed by atoms with van der Waals surface area (Å²) in [6.07, 6.45) is 66.3. The molecule has 65 heavy (non-hydrogen) atoms. The van der Waals surface area contributed by atoms with Gasteiger partial charge in [0.2, 0.25) is 5.91 Å². The van der Waals surface area contributed by atoms with Crippen molar-refractivity contribution in [2.45, 2.75) is 328 Å². The van der Waals surface area contributed by atoms with Gasteiger partial charge >= 0.3 is 5.97 Å². The summed E-state index contributed by atoms with van der Waals surface area (Å²) in [5.41, 5.74) is 0. The van der Waals surface area contributed by atoms with Gasteiger partial charge in [0.1, 0.15) is 0 Å². The first-order chi connectivity index (χ1) is 32.0. The molecule has 2 atom stereocenters. The summed E-state index contributed by atoms with van der Waals surface area (Å²) in [6, 6.07) is -0.639. The van der Waals surface area contributed by atoms with Crippen molar-refractivity contribution >= 4 is 11.9 Å². The third-order valence-electron chi connectivity index (χ3n) is 13.5. The standard InChI is InChI=1S/C59H113NO5/c1-3-5-7-9-11-13-15-17-18-19-20-21-22-23-25-28-31-35-39-43-47-51-57(62)56(55-61)60-58(63)52-48-44-40-36-32-29-26-24-27-30-34-38-42-46-50-54-65-59(64)53-49-45-41-37-33-16-14-12-10-8-6-4-2/h27,30,47,51,56-57,61-62H,3-26,28-29,31-46,48-50,52-55H2,1-2H3,(H,60,63)/b30-27-,51-47+. The molecule has 0 bridgehead atoms. The monoisotopic (exact) mass is 916 g/mol. The van der Waals surface area contributed by atoms with Crippen LogP contribution in [0, 0.1) is 0 Å². The van der Waals surface area contributed by atoms with E-state index in [0.29, 0.717) is 19.4 Å². The second-order valence-electron chi connectivity index (χ2n) is 20.0. The van der Waals surface area contributed by atoms with E-state index < -0.39 is 12.1 Å². The zero-order valence-corrected chi connectivity index (χ0v) is 43.7. The summed E-state index contributed by atoms with van der Waals surface area (Å²) in [4.78, 5) is 24.5. The van der Waals surface area contributed by atoms with Crippen molar-refractivity contribution in [2.24, 2.45) is 0 Å². The highest BCUT2D eigenvalue weighted by Crippen LogP contribution is 2.17. The topological polar surface area (TPSA) is 95.9 Å². The largest absolute Gasteiger partial charge is 0.466 e. The molecule has 0 aromatic heterocycles. The van der Waals surface area contributed by atoms with Gasteiger partial charge in [-0.2, -0.15) is 0 Å². The maximum absolute atomic E-state index is 12.5. The fourth-order valence-electron chi connectivity index (χ4n) is 8.98. The molecule has 3 N–H and O–H groups in total. The first kappa shape index (κ1) is 63.3. The molecule has 384 valence electrons. The van der Waals surface area contributed by atoms with Gasteiger partial charge in [-0.15, -0.1) is 0 Å². The van der Waals surface area contributed by atoms with Gasteiger partial charge in [0.25, 0.3) is 0 Å². The Morgan fingerprint density at radius 2 is 0.723 bits per heavy atom. The number of ether oxygens (including phenoxy) is 1. The zero-order valence-electron chi connectivity index (χ0n) is 43.7. The van der Waals surface area contributed by atoms with Crippen molar-refractivity contribution in [3.63, 3.8) is 0 Å². The maximum atomic E-state index is 12.5. The smallest absolute Gasteiger partial charge is 0.305 e. The van der Waals surface area contributed by atoms with Gasteiger partial charge < -0.3 is 20.3 Å². The molecule has 0 rings (SSSR count). The highest BCUT2D eigenvalue weighted by atomic mass is 16.5. The number of allylic oxidation sites excluding steroid dienone is 3. The first-order valence-corrected chi connectivity index (χ1v) is 29.1. The number of carbonyl (C=O) groups is 2. The van der Waals surface area contributed by atoms with Gasteiger partial charge in [-0.1, -0.05) is 269 Å². The molecule has 0 aromatic carbocycles. The van der Waals surface area contributed by atoms with E-state index in [0.717, 1.165) is 70.6 Å². The van der Waals surface area contributed by atoms with Gasteiger partial charge in [0.15, 0.2) is 0 Å². The van der Waals surface area contributed by atoms with Gasteiger partial charge in [0, 0.05) is 12.8 Å². The van der Waals surface area contributed by atoms with Crippen LogP contribution < -0.4 is 5.32 Å². The number of aliphatic hydroxyl groups is 2. The minimum atomic E-state index is -0.855. The lowest BCUT2D eigenvalue weighted by molar-refractivity contribution is -0.143. The van der Waals surface area contributed by atoms with Gasteiger partial charge in [-0.25, -0.2) is 0 Å². The number of esters is 1. The van der Waals surface area contributed by atoms with Crippen LogP contribution in [0.15, 0.2) is 24.3 Å². The molecule has 0 saturated carbocycles. The molecule has 6 nitrogen and oxygen atoms in total. The number of hydrogen-bond acceptors (Lipinski definition) is 5. The molecular formula is C59H113NO5. The van der Waals surface area contributed by atoms with Crippen LogP contribution in [0.25, 0.3) is 0 Å². The van der Waals surface area contributed by atoms with Crippen molar-refractivity contribution in [1.82, 2.24) is 5.32 Å². The van der Waals surface area contributed by atoms with Gasteiger partial charge in [-0.05, 0) is 57.8 Å². The Morgan fingerprint density at radius 3 is 1.09 bits per heavy atom. The van der Waals surface area contributed by atoms with Crippen molar-refractivity contribution in [3.8, 4) is 0 Å². The summed E-state index contributed by atoms with van der Waals surface area (Å²) in [6.45, 7) is 4.88. The van der Waals surface area contributed by atoms with E-state index in [4.69, 9.17) is 4.74 Å². The summed E-state index contributed by atoms with van der Waals surface area (Å²) >= 11 is 0. The lowest BCUT2D eigenvalue weighted by Crippen LogP contribution is -2.45. The number of amides is 1. The van der Waals surface area contributed by atoms with E-state index in [-0.39, 0.29) is 18.5 Å². The van der Waals surface area contributed by atoms with Crippen molar-refractivity contribution < 1.29 is 24.5 Å². The predicted molar refractivity (Wildman–Crippen MR) is 283 cm³/mol. The van der Waals surface area contributed by atoms with Crippen molar-refractivity contribution in [1.29, 1.82) is 0 Å². The molecule has 0 radical (unpaired) electrons. The summed E-state index contributed by atoms with van der Waals surface area (Å²) in [5, 5.41) is 23.2. The van der Waals surface area contributed by atoms with Crippen molar-refractivity contribution in [3.05, 3.63) is 24.3 Å². The van der Waals surface area contributed by atoms with Crippen LogP contribution in [0.4, 0.5) is 0 Å². The number of aliphatic hydroxyl groups excluding tert-OH is 2. The molecule has 1 amide bonds. The van der Waals surface area contributed by atoms with E-state index in [9.17, 15) is 19.8 Å². The Labute approximate surface area is 405 Å². The predicted octanol–water partition coefficient (Wildman–Crippen LogP) is 17.9. The Balaban J connectivity index is 3.51. The normalized spacial score (nSPS) is 12.7. The first-order valence-electron chi connectivity index (χ1n) is 29.1. The second kappa shape index (κ2) is 54.9. The average Bonchev–Trinajstić information content (AvgIpc) is 3.31. The summed E-state index contributed by atoms with van der Waals surface area (Å²) in [5.74, 6) is -0.0907. The number of hydrogen-bond donors (Lipinski definition) is 3. The third kappa shape index (κ3) is 51.6. The number of nitrogens with one attached hydrogen (secondary N) is 1. The summed E-state index contributed by atoms with van der Waals surface area (Å²) < 4.78 is 5.45. The molecule has 0 aliphatic rings. The fourth-order valence-corrected chi connectivity index (χ4v) is 8.98. The molecule has 2 unspecified atom stereocenters. The zero-order chi connectivity index (χ0) is 47.2. The molecule has 0 aromatic rings. The van der Waals surface area contributed by atoms with E-state index in [1.807, 2.05) is 6.08 Å². The van der Waals surface area contributed by atoms with Crippen LogP contribution in [0.1, 0.15) is 316 Å². The molecular weight excluding hydrogens is 803 g/mol. The third-order valence-corrected chi connectivity index (χ3v) is 13.5. The minimum Gasteiger partial charge on any atom is -0.466 e. The lowest BCUT2D eigenvalue weighted by Gasteiger charge is -2.20. The van der Waals surface area contributed by atoms with E-state index in [2.05, 4.69) is 31.3 Å². The Bertz CT molecular complexity index is 1010. The van der Waals surface area contributed by atoms with Crippen LogP contribution in [-0.4, -0.2) is 47.4 Å². The maximum Gasteiger partial charge on any atom is 0.305 e. The van der Waals surface area contributed by atoms with Crippen LogP contribution in [0.3, 0.4) is 0 Å². The molecule has 0 spiro atoms. The van der Waals surface area contributed by atoms with Gasteiger partial charge in [0.05, 0.1) is 25.4 Å². The lowest BCUT2D eigenvalue weighted by atomic mass is 10.0. The minimum absolute atomic E-state index is 0.0102. The Kier molecular flexibility index (Phi) is 53.5. The molecule has 0 aliphatic carbocycles. The average molecular weight is 917 g/mol.